The quantitative estimate of drug-likeness (QED) is 0.342. The van der Waals surface area contributed by atoms with Crippen LogP contribution >= 0.6 is 23.2 Å². The third-order valence-corrected chi connectivity index (χ3v) is 6.55. The second kappa shape index (κ2) is 12.2. The molecular weight excluding hydrogens is 541 g/mol. The second-order valence-electron chi connectivity index (χ2n) is 9.42. The highest BCUT2D eigenvalue weighted by Gasteiger charge is 2.27. The molecule has 3 heterocycles. The molecule has 4 rings (SSSR count). The molecule has 206 valence electrons. The van der Waals surface area contributed by atoms with Crippen molar-refractivity contribution in [1.29, 1.82) is 0 Å². The molecule has 0 spiro atoms. The molecule has 12 heteroatoms. The molecule has 0 radical (unpaired) electrons. The zero-order chi connectivity index (χ0) is 28.3. The first-order valence-corrected chi connectivity index (χ1v) is 12.9. The Labute approximate surface area is 237 Å². The van der Waals surface area contributed by atoms with Crippen LogP contribution in [0.15, 0.2) is 42.5 Å². The Hall–Kier alpha value is -3.41. The minimum atomic E-state index is -0.978. The third kappa shape index (κ3) is 6.60. The van der Waals surface area contributed by atoms with E-state index in [-0.39, 0.29) is 16.8 Å². The lowest BCUT2D eigenvalue weighted by Gasteiger charge is -2.43. The van der Waals surface area contributed by atoms with Gasteiger partial charge in [-0.15, -0.1) is 0 Å². The number of carbonyl (C=O) groups is 1. The lowest BCUT2D eigenvalue weighted by atomic mass is 10.0. The molecule has 0 bridgehead atoms. The van der Waals surface area contributed by atoms with Crippen molar-refractivity contribution in [3.8, 4) is 0 Å². The Bertz CT molecular complexity index is 1400. The Kier molecular flexibility index (Phi) is 8.94. The number of nitrogens with one attached hydrogen (secondary N) is 2. The standard InChI is InChI=1S/C27H30Cl2N7O3/c1-34(2)11-10-30-23-9-6-16-12-21(36(38)27(39-5)25(16)33-23)19-15-18(7-8-20(19)28)31-26(37)17-13-22(29)32-24(14-17)35(3)4/h6-9,12-15,27H,10-11H2,1-5H3,(H,30,33)(H,31,37)/q-1. The van der Waals surface area contributed by atoms with Crippen molar-refractivity contribution in [2.24, 2.45) is 0 Å². The van der Waals surface area contributed by atoms with Crippen molar-refractivity contribution in [3.63, 3.8) is 0 Å². The predicted octanol–water partition coefficient (Wildman–Crippen LogP) is 5.03. The molecule has 2 aromatic heterocycles. The van der Waals surface area contributed by atoms with Gasteiger partial charge in [0.05, 0.1) is 5.69 Å². The molecule has 0 saturated carbocycles. The molecule has 0 saturated heterocycles. The van der Waals surface area contributed by atoms with E-state index < -0.39 is 6.23 Å². The van der Waals surface area contributed by atoms with Crippen LogP contribution in [0.3, 0.4) is 0 Å². The average Bonchev–Trinajstić information content (AvgIpc) is 2.89. The molecule has 10 nitrogen and oxygen atoms in total. The number of rotatable bonds is 9. The van der Waals surface area contributed by atoms with Gasteiger partial charge in [0.15, 0.2) is 6.23 Å². The van der Waals surface area contributed by atoms with Crippen molar-refractivity contribution < 1.29 is 9.53 Å². The summed E-state index contributed by atoms with van der Waals surface area (Å²) in [4.78, 5) is 25.7. The summed E-state index contributed by atoms with van der Waals surface area (Å²) in [6.45, 7) is 1.54. The molecule has 1 aromatic carbocycles. The van der Waals surface area contributed by atoms with Crippen LogP contribution in [-0.2, 0) is 4.74 Å². The van der Waals surface area contributed by atoms with E-state index in [9.17, 15) is 10.0 Å². The molecule has 0 fully saturated rings. The number of fused-ring (bicyclic) bond motifs is 1. The van der Waals surface area contributed by atoms with Gasteiger partial charge in [-0.25, -0.2) is 9.97 Å². The molecule has 0 aliphatic carbocycles. The van der Waals surface area contributed by atoms with E-state index in [1.165, 1.54) is 13.2 Å². The number of likely N-dealkylation sites (N-methyl/N-ethyl adjacent to an activating group) is 1. The highest BCUT2D eigenvalue weighted by molar-refractivity contribution is 6.32. The Balaban J connectivity index is 1.63. The number of methoxy groups -OCH3 is 1. The van der Waals surface area contributed by atoms with Gasteiger partial charge in [-0.2, -0.15) is 0 Å². The third-order valence-electron chi connectivity index (χ3n) is 6.02. The molecule has 1 unspecified atom stereocenters. The zero-order valence-corrected chi connectivity index (χ0v) is 23.8. The number of pyridine rings is 2. The van der Waals surface area contributed by atoms with E-state index in [1.807, 2.05) is 40.3 Å². The number of carbonyl (C=O) groups excluding carboxylic acids is 1. The Morgan fingerprint density at radius 1 is 1.10 bits per heavy atom. The lowest BCUT2D eigenvalue weighted by Crippen LogP contribution is -2.28. The van der Waals surface area contributed by atoms with Crippen LogP contribution in [0.4, 0.5) is 17.3 Å². The van der Waals surface area contributed by atoms with Gasteiger partial charge in [-0.1, -0.05) is 23.2 Å². The number of amides is 1. The number of benzene rings is 1. The molecule has 1 atom stereocenters. The van der Waals surface area contributed by atoms with Gasteiger partial charge < -0.3 is 35.4 Å². The van der Waals surface area contributed by atoms with Crippen molar-refractivity contribution in [3.05, 3.63) is 80.2 Å². The summed E-state index contributed by atoms with van der Waals surface area (Å²) in [6.07, 6.45) is 0.737. The molecular formula is C27H30Cl2N7O3-. The average molecular weight is 571 g/mol. The van der Waals surface area contributed by atoms with E-state index in [0.29, 0.717) is 45.7 Å². The summed E-state index contributed by atoms with van der Waals surface area (Å²) in [5.41, 5.74) is 2.74. The molecule has 1 aliphatic rings. The number of hydrogen-bond acceptors (Lipinski definition) is 9. The summed E-state index contributed by atoms with van der Waals surface area (Å²) >= 11 is 12.6. The van der Waals surface area contributed by atoms with Crippen molar-refractivity contribution in [1.82, 2.24) is 19.9 Å². The summed E-state index contributed by atoms with van der Waals surface area (Å²) in [7, 11) is 9.05. The molecule has 39 heavy (non-hydrogen) atoms. The molecule has 3 aromatic rings. The van der Waals surface area contributed by atoms with E-state index in [1.54, 1.807) is 35.2 Å². The SMILES string of the molecule is COC1c2nc(NCCN(C)C)ccc2C=C(c2cc(NC(=O)c3cc(Cl)nc(N(C)C)c3)ccc2Cl)N1[O-]. The molecule has 1 amide bonds. The van der Waals surface area contributed by atoms with Gasteiger partial charge in [0.1, 0.15) is 16.8 Å². The summed E-state index contributed by atoms with van der Waals surface area (Å²) in [5.74, 6) is 0.818. The monoisotopic (exact) mass is 570 g/mol. The summed E-state index contributed by atoms with van der Waals surface area (Å²) in [6, 6.07) is 11.8. The number of hydroxylamine groups is 2. The fourth-order valence-corrected chi connectivity index (χ4v) is 4.43. The van der Waals surface area contributed by atoms with Gasteiger partial charge in [0.2, 0.25) is 0 Å². The fourth-order valence-electron chi connectivity index (χ4n) is 4.01. The highest BCUT2D eigenvalue weighted by atomic mass is 35.5. The maximum Gasteiger partial charge on any atom is 0.255 e. The minimum Gasteiger partial charge on any atom is -0.756 e. The van der Waals surface area contributed by atoms with Gasteiger partial charge in [-0.3, -0.25) is 4.79 Å². The number of aromatic nitrogens is 2. The smallest absolute Gasteiger partial charge is 0.255 e. The van der Waals surface area contributed by atoms with E-state index in [4.69, 9.17) is 27.9 Å². The number of ether oxygens (including phenoxy) is 1. The van der Waals surface area contributed by atoms with Crippen molar-refractivity contribution in [2.75, 3.05) is 63.9 Å². The van der Waals surface area contributed by atoms with Gasteiger partial charge >= 0.3 is 0 Å². The predicted molar refractivity (Wildman–Crippen MR) is 157 cm³/mol. The largest absolute Gasteiger partial charge is 0.756 e. The Morgan fingerprint density at radius 2 is 1.87 bits per heavy atom. The van der Waals surface area contributed by atoms with Crippen LogP contribution in [0.1, 0.15) is 33.4 Å². The van der Waals surface area contributed by atoms with Gasteiger partial charge in [0, 0.05) is 67.4 Å². The van der Waals surface area contributed by atoms with Gasteiger partial charge in [-0.05, 0) is 62.6 Å². The first-order valence-electron chi connectivity index (χ1n) is 12.1. The van der Waals surface area contributed by atoms with Crippen LogP contribution in [0.2, 0.25) is 10.2 Å². The number of hydrogen-bond donors (Lipinski definition) is 2. The fraction of sp³-hybridized carbons (Fsp3) is 0.296. The number of halogens is 2. The Morgan fingerprint density at radius 3 is 2.56 bits per heavy atom. The number of anilines is 3. The minimum absolute atomic E-state index is 0.200. The molecule has 2 N–H and O–H groups in total. The molecule has 1 aliphatic heterocycles. The van der Waals surface area contributed by atoms with Crippen LogP contribution < -0.4 is 15.5 Å². The second-order valence-corrected chi connectivity index (χ2v) is 10.2. The first kappa shape index (κ1) is 28.6. The maximum absolute atomic E-state index is 13.5. The van der Waals surface area contributed by atoms with Crippen molar-refractivity contribution >= 4 is 58.2 Å². The number of nitrogens with zero attached hydrogens (tertiary/aromatic N) is 5. The van der Waals surface area contributed by atoms with E-state index in [0.717, 1.165) is 17.2 Å². The summed E-state index contributed by atoms with van der Waals surface area (Å²) in [5, 5.41) is 20.9. The lowest BCUT2D eigenvalue weighted by molar-refractivity contribution is 0.0185. The van der Waals surface area contributed by atoms with E-state index in [2.05, 4.69) is 25.5 Å². The van der Waals surface area contributed by atoms with Crippen molar-refractivity contribution in [2.45, 2.75) is 6.23 Å². The zero-order valence-electron chi connectivity index (χ0n) is 22.3. The van der Waals surface area contributed by atoms with Crippen LogP contribution in [-0.4, -0.2) is 74.2 Å². The normalized spacial score (nSPS) is 14.6. The first-order chi connectivity index (χ1) is 18.6. The van der Waals surface area contributed by atoms with Crippen LogP contribution in [0.5, 0.6) is 0 Å². The van der Waals surface area contributed by atoms with E-state index >= 15 is 0 Å². The summed E-state index contributed by atoms with van der Waals surface area (Å²) < 4.78 is 5.55. The highest BCUT2D eigenvalue weighted by Crippen LogP contribution is 2.40. The van der Waals surface area contributed by atoms with Gasteiger partial charge in [0.25, 0.3) is 5.91 Å². The topological polar surface area (TPSA) is 109 Å². The van der Waals surface area contributed by atoms with Crippen LogP contribution in [0.25, 0.3) is 11.8 Å². The maximum atomic E-state index is 13.5. The van der Waals surface area contributed by atoms with Crippen LogP contribution in [0, 0.1) is 5.21 Å².